The van der Waals surface area contributed by atoms with Crippen LogP contribution in [0, 0.1) is 0 Å². The highest BCUT2D eigenvalue weighted by atomic mass is 32.1. The van der Waals surface area contributed by atoms with Gasteiger partial charge in [0.25, 0.3) is 0 Å². The molecular weight excluding hydrogens is 788 g/mol. The Labute approximate surface area is 369 Å². The van der Waals surface area contributed by atoms with Crippen LogP contribution in [0.5, 0.6) is 0 Å². The van der Waals surface area contributed by atoms with Gasteiger partial charge >= 0.3 is 6.85 Å². The molecule has 0 saturated carbocycles. The number of nitrogens with zero attached hydrogens (tertiary/aromatic N) is 2. The minimum Gasteiger partial charge on any atom is -0.367 e. The Bertz CT molecular complexity index is 3730. The zero-order chi connectivity index (χ0) is 41.0. The maximum atomic E-state index is 2.78. The largest absolute Gasteiger partial charge is 0.367 e. The van der Waals surface area contributed by atoms with Crippen molar-refractivity contribution in [3.8, 4) is 33.4 Å². The van der Waals surface area contributed by atoms with Crippen LogP contribution in [0.15, 0.2) is 158 Å². The molecule has 0 fully saturated rings. The quantitative estimate of drug-likeness (QED) is 0.157. The van der Waals surface area contributed by atoms with Crippen LogP contribution in [0.4, 0.5) is 17.1 Å². The third kappa shape index (κ3) is 4.45. The molecule has 5 heterocycles. The van der Waals surface area contributed by atoms with Gasteiger partial charge in [0.15, 0.2) is 0 Å². The average molecular weight is 829 g/mol. The summed E-state index contributed by atoms with van der Waals surface area (Å²) < 4.78 is 6.78. The van der Waals surface area contributed by atoms with Crippen LogP contribution in [-0.4, -0.2) is 11.3 Å². The number of thiophene rings is 2. The van der Waals surface area contributed by atoms with Crippen molar-refractivity contribution in [2.75, 3.05) is 4.90 Å². The van der Waals surface area contributed by atoms with E-state index in [-0.39, 0.29) is 12.3 Å². The fourth-order valence-electron chi connectivity index (χ4n) is 11.9. The van der Waals surface area contributed by atoms with Gasteiger partial charge in [0.05, 0.1) is 16.2 Å². The number of rotatable bonds is 5. The van der Waals surface area contributed by atoms with Gasteiger partial charge in [-0.05, 0) is 99.1 Å². The zero-order valence-electron chi connectivity index (χ0n) is 34.9. The van der Waals surface area contributed by atoms with E-state index < -0.39 is 0 Å². The molecule has 3 aromatic heterocycles. The molecule has 14 rings (SSSR count). The first-order valence-corrected chi connectivity index (χ1v) is 23.8. The van der Waals surface area contributed by atoms with Crippen LogP contribution in [0.25, 0.3) is 84.8 Å². The fraction of sp³-hybridized carbons (Fsp3) is 0.123. The Hall–Kier alpha value is -6.40. The van der Waals surface area contributed by atoms with E-state index in [0.29, 0.717) is 0 Å². The Morgan fingerprint density at radius 2 is 1.31 bits per heavy atom. The van der Waals surface area contributed by atoms with Crippen LogP contribution < -0.4 is 15.8 Å². The number of unbranched alkanes of at least 4 members (excludes halogenated alkanes) is 1. The number of aromatic nitrogens is 1. The van der Waals surface area contributed by atoms with E-state index in [4.69, 9.17) is 0 Å². The van der Waals surface area contributed by atoms with Crippen molar-refractivity contribution in [3.05, 3.63) is 174 Å². The van der Waals surface area contributed by atoms with Gasteiger partial charge in [-0.3, -0.25) is 0 Å². The molecule has 2 aliphatic heterocycles. The summed E-state index contributed by atoms with van der Waals surface area (Å²) in [5.74, 6) is 0. The second kappa shape index (κ2) is 12.6. The molecule has 0 unspecified atom stereocenters. The SMILES string of the molecule is CCCCc1ccc(N2c3cc4c(c5c3B(c3ccc6sc7ccccc7c6c32)n2c3sc6ccccc6c3c3cccc-5c32)C(C)(C)c2ccccc2-4)c(-c2ccccc2)c1. The lowest BCUT2D eigenvalue weighted by Gasteiger charge is -2.43. The second-order valence-corrected chi connectivity index (χ2v) is 20.3. The number of fused-ring (bicyclic) bond motifs is 17. The molecular formula is C57H41BN2S2. The maximum absolute atomic E-state index is 2.78. The van der Waals surface area contributed by atoms with Gasteiger partial charge in [0.2, 0.25) is 0 Å². The summed E-state index contributed by atoms with van der Waals surface area (Å²) in [6, 6.07) is 60.6. The monoisotopic (exact) mass is 828 g/mol. The number of hydrogen-bond acceptors (Lipinski definition) is 3. The van der Waals surface area contributed by atoms with E-state index in [1.54, 1.807) is 0 Å². The molecule has 0 N–H and O–H groups in total. The highest BCUT2D eigenvalue weighted by Gasteiger charge is 2.49. The predicted molar refractivity (Wildman–Crippen MR) is 270 cm³/mol. The number of aryl methyl sites for hydroxylation is 1. The standard InChI is InChI=1S/C57H41BN2S2/c1-4-5-16-33-27-29-44(40(31-33)34-17-7-6-8-18-34)59-45-32-41-35-19-9-12-24-42(35)57(2,3)52(41)51-39-23-15-22-38-49-36-20-10-14-26-47(36)62-56(49)60(54(38)39)58(53(45)51)43-28-30-48-50(55(43)59)37-21-11-13-25-46(37)61-48/h6-15,17-32H,4-5,16H2,1-3H3. The smallest absolute Gasteiger partial charge is 0.333 e. The van der Waals surface area contributed by atoms with Crippen LogP contribution in [-0.2, 0) is 11.8 Å². The van der Waals surface area contributed by atoms with Crippen molar-refractivity contribution in [3.63, 3.8) is 0 Å². The number of benzene rings is 8. The summed E-state index contributed by atoms with van der Waals surface area (Å²) in [6.45, 7) is 7.19. The van der Waals surface area contributed by atoms with Gasteiger partial charge < -0.3 is 9.38 Å². The van der Waals surface area contributed by atoms with E-state index in [0.717, 1.165) is 6.42 Å². The summed E-state index contributed by atoms with van der Waals surface area (Å²) in [5.41, 5.74) is 20.0. The maximum Gasteiger partial charge on any atom is 0.333 e. The number of anilines is 3. The van der Waals surface area contributed by atoms with Crippen LogP contribution in [0.1, 0.15) is 50.3 Å². The Balaban J connectivity index is 1.21. The predicted octanol–water partition coefficient (Wildman–Crippen LogP) is 15.1. The first-order valence-electron chi connectivity index (χ1n) is 22.2. The van der Waals surface area contributed by atoms with Crippen LogP contribution in [0.2, 0.25) is 0 Å². The lowest BCUT2D eigenvalue weighted by atomic mass is 9.44. The second-order valence-electron chi connectivity index (χ2n) is 18.2. The Morgan fingerprint density at radius 3 is 2.15 bits per heavy atom. The van der Waals surface area contributed by atoms with Crippen molar-refractivity contribution in [2.45, 2.75) is 45.4 Å². The molecule has 2 nitrogen and oxygen atoms in total. The summed E-state index contributed by atoms with van der Waals surface area (Å²) in [4.78, 5) is 4.08. The molecule has 0 atom stereocenters. The van der Waals surface area contributed by atoms with Gasteiger partial charge in [-0.1, -0.05) is 149 Å². The molecule has 5 heteroatoms. The van der Waals surface area contributed by atoms with Crippen molar-refractivity contribution < 1.29 is 0 Å². The van der Waals surface area contributed by atoms with E-state index >= 15 is 0 Å². The summed E-state index contributed by atoms with van der Waals surface area (Å²) in [5, 5.41) is 6.77. The molecule has 3 aliphatic rings. The van der Waals surface area contributed by atoms with E-state index in [2.05, 4.69) is 188 Å². The van der Waals surface area contributed by atoms with E-state index in [9.17, 15) is 0 Å². The molecule has 1 aliphatic carbocycles. The van der Waals surface area contributed by atoms with Gasteiger partial charge in [-0.15, -0.1) is 22.7 Å². The van der Waals surface area contributed by atoms with Crippen LogP contribution >= 0.6 is 22.7 Å². The van der Waals surface area contributed by atoms with Gasteiger partial charge in [-0.25, -0.2) is 0 Å². The van der Waals surface area contributed by atoms with Gasteiger partial charge in [-0.2, -0.15) is 0 Å². The minimum atomic E-state index is -0.198. The van der Waals surface area contributed by atoms with Crippen molar-refractivity contribution >= 4 is 109 Å². The first-order chi connectivity index (χ1) is 30.5. The first kappa shape index (κ1) is 35.2. The number of hydrogen-bond donors (Lipinski definition) is 0. The molecule has 8 aromatic carbocycles. The van der Waals surface area contributed by atoms with Crippen molar-refractivity contribution in [1.29, 1.82) is 0 Å². The Kier molecular flexibility index (Phi) is 7.16. The van der Waals surface area contributed by atoms with Crippen LogP contribution in [0.3, 0.4) is 0 Å². The van der Waals surface area contributed by atoms with Crippen molar-refractivity contribution in [2.24, 2.45) is 0 Å². The highest BCUT2D eigenvalue weighted by molar-refractivity contribution is 7.26. The molecule has 0 amide bonds. The van der Waals surface area contributed by atoms with E-state index in [1.807, 2.05) is 22.7 Å². The molecule has 0 spiro atoms. The normalized spacial score (nSPS) is 14.3. The third-order valence-corrected chi connectivity index (χ3v) is 16.8. The molecule has 62 heavy (non-hydrogen) atoms. The minimum absolute atomic E-state index is 0.0360. The molecule has 294 valence electrons. The van der Waals surface area contributed by atoms with Crippen molar-refractivity contribution in [1.82, 2.24) is 4.48 Å². The van der Waals surface area contributed by atoms with E-state index in [1.165, 1.54) is 142 Å². The summed E-state index contributed by atoms with van der Waals surface area (Å²) in [7, 11) is 0. The fourth-order valence-corrected chi connectivity index (χ4v) is 14.3. The third-order valence-electron chi connectivity index (χ3n) is 14.5. The molecule has 11 aromatic rings. The summed E-state index contributed by atoms with van der Waals surface area (Å²) in [6.07, 6.45) is 3.42. The molecule has 0 saturated heterocycles. The molecule has 0 bridgehead atoms. The Morgan fingerprint density at radius 1 is 0.581 bits per heavy atom. The lowest BCUT2D eigenvalue weighted by molar-refractivity contribution is 0.662. The lowest BCUT2D eigenvalue weighted by Crippen LogP contribution is -2.57. The van der Waals surface area contributed by atoms with Gasteiger partial charge in [0.1, 0.15) is 0 Å². The highest BCUT2D eigenvalue weighted by Crippen LogP contribution is 2.59. The number of para-hydroxylation sites is 1. The van der Waals surface area contributed by atoms with Gasteiger partial charge in [0, 0.05) is 68.8 Å². The topological polar surface area (TPSA) is 8.17 Å². The zero-order valence-corrected chi connectivity index (χ0v) is 36.6. The molecule has 0 radical (unpaired) electrons. The summed E-state index contributed by atoms with van der Waals surface area (Å²) >= 11 is 3.88. The average Bonchev–Trinajstić information content (AvgIpc) is 4.04.